The Kier molecular flexibility index (Phi) is 3.88. The van der Waals surface area contributed by atoms with Gasteiger partial charge < -0.3 is 5.32 Å². The first kappa shape index (κ1) is 13.9. The van der Waals surface area contributed by atoms with E-state index in [0.29, 0.717) is 17.3 Å². The molecule has 0 amide bonds. The van der Waals surface area contributed by atoms with Crippen molar-refractivity contribution in [3.05, 3.63) is 51.7 Å². The average Bonchev–Trinajstić information content (AvgIpc) is 2.38. The minimum atomic E-state index is -0.445. The van der Waals surface area contributed by atoms with Gasteiger partial charge in [-0.15, -0.1) is 0 Å². The molecule has 0 aliphatic heterocycles. The highest BCUT2D eigenvalue weighted by Gasteiger charge is 2.14. The van der Waals surface area contributed by atoms with Gasteiger partial charge in [0.15, 0.2) is 0 Å². The molecule has 0 aliphatic rings. The smallest absolute Gasteiger partial charge is 0.290 e. The molecule has 0 spiro atoms. The summed E-state index contributed by atoms with van der Waals surface area (Å²) in [6, 6.07) is 4.71. The van der Waals surface area contributed by atoms with E-state index in [2.05, 4.69) is 20.3 Å². The van der Waals surface area contributed by atoms with Crippen LogP contribution >= 0.6 is 0 Å². The molecule has 7 nitrogen and oxygen atoms in total. The number of nitrogens with zero attached hydrogens (tertiary/aromatic N) is 4. The van der Waals surface area contributed by atoms with Gasteiger partial charge in [0.05, 0.1) is 11.0 Å². The van der Waals surface area contributed by atoms with Crippen molar-refractivity contribution in [2.75, 3.05) is 5.32 Å². The molecule has 0 fully saturated rings. The third-order valence-electron chi connectivity index (χ3n) is 2.82. The standard InChI is InChI=1S/C13H15N5O2/c1-8-6-7-14-13(15-8)10(3)17-12-5-4-11(18(19)20)9(2)16-12/h4-7,10H,1-3H3,(H,16,17)/t10-/m0/s1. The Hall–Kier alpha value is -2.57. The third-order valence-corrected chi connectivity index (χ3v) is 2.82. The fourth-order valence-corrected chi connectivity index (χ4v) is 1.79. The summed E-state index contributed by atoms with van der Waals surface area (Å²) < 4.78 is 0. The van der Waals surface area contributed by atoms with Crippen molar-refractivity contribution in [2.45, 2.75) is 26.8 Å². The Bertz CT molecular complexity index is 644. The summed E-state index contributed by atoms with van der Waals surface area (Å²) >= 11 is 0. The predicted octanol–water partition coefficient (Wildman–Crippen LogP) is 2.57. The summed E-state index contributed by atoms with van der Waals surface area (Å²) in [5.41, 5.74) is 1.27. The fourth-order valence-electron chi connectivity index (χ4n) is 1.79. The van der Waals surface area contributed by atoms with Crippen LogP contribution in [0.4, 0.5) is 11.5 Å². The van der Waals surface area contributed by atoms with Gasteiger partial charge in [0.2, 0.25) is 0 Å². The number of aryl methyl sites for hydroxylation is 2. The molecule has 0 radical (unpaired) electrons. The second kappa shape index (κ2) is 5.60. The van der Waals surface area contributed by atoms with Crippen LogP contribution in [0.15, 0.2) is 24.4 Å². The monoisotopic (exact) mass is 273 g/mol. The van der Waals surface area contributed by atoms with Crippen molar-refractivity contribution in [2.24, 2.45) is 0 Å². The number of anilines is 1. The lowest BCUT2D eigenvalue weighted by molar-refractivity contribution is -0.385. The normalized spacial score (nSPS) is 11.9. The zero-order chi connectivity index (χ0) is 14.7. The van der Waals surface area contributed by atoms with Gasteiger partial charge >= 0.3 is 0 Å². The zero-order valence-electron chi connectivity index (χ0n) is 11.5. The highest BCUT2D eigenvalue weighted by molar-refractivity contribution is 5.45. The van der Waals surface area contributed by atoms with Gasteiger partial charge in [-0.3, -0.25) is 10.1 Å². The first-order valence-electron chi connectivity index (χ1n) is 6.15. The second-order valence-electron chi connectivity index (χ2n) is 4.48. The lowest BCUT2D eigenvalue weighted by atomic mass is 10.2. The molecule has 0 bridgehead atoms. The van der Waals surface area contributed by atoms with Crippen LogP contribution in [0.1, 0.15) is 30.2 Å². The fraction of sp³-hybridized carbons (Fsp3) is 0.308. The van der Waals surface area contributed by atoms with E-state index in [4.69, 9.17) is 0 Å². The largest absolute Gasteiger partial charge is 0.360 e. The number of hydrogen-bond acceptors (Lipinski definition) is 6. The number of nitrogens with one attached hydrogen (secondary N) is 1. The minimum Gasteiger partial charge on any atom is -0.360 e. The molecule has 0 saturated heterocycles. The van der Waals surface area contributed by atoms with Gasteiger partial charge in [-0.05, 0) is 32.9 Å². The van der Waals surface area contributed by atoms with Crippen molar-refractivity contribution in [1.29, 1.82) is 0 Å². The van der Waals surface area contributed by atoms with Crippen molar-refractivity contribution in [1.82, 2.24) is 15.0 Å². The zero-order valence-corrected chi connectivity index (χ0v) is 11.5. The van der Waals surface area contributed by atoms with Gasteiger partial charge in [0, 0.05) is 18.0 Å². The maximum Gasteiger partial charge on any atom is 0.290 e. The molecule has 1 atom stereocenters. The lowest BCUT2D eigenvalue weighted by Gasteiger charge is -2.13. The molecular weight excluding hydrogens is 258 g/mol. The topological polar surface area (TPSA) is 93.8 Å². The van der Waals surface area contributed by atoms with Crippen molar-refractivity contribution in [3.8, 4) is 0 Å². The van der Waals surface area contributed by atoms with Crippen LogP contribution in [0.3, 0.4) is 0 Å². The molecule has 0 aromatic carbocycles. The Morgan fingerprint density at radius 2 is 2.00 bits per heavy atom. The molecule has 2 aromatic rings. The molecule has 0 unspecified atom stereocenters. The number of pyridine rings is 1. The van der Waals surface area contributed by atoms with Crippen molar-refractivity contribution >= 4 is 11.5 Å². The SMILES string of the molecule is Cc1ccnc([C@H](C)Nc2ccc([N+](=O)[O-])c(C)n2)n1. The molecule has 0 aliphatic carbocycles. The summed E-state index contributed by atoms with van der Waals surface area (Å²) in [6.07, 6.45) is 1.70. The van der Waals surface area contributed by atoms with E-state index in [1.807, 2.05) is 19.9 Å². The maximum atomic E-state index is 10.7. The number of rotatable bonds is 4. The van der Waals surface area contributed by atoms with Crippen LogP contribution in [-0.2, 0) is 0 Å². The summed E-state index contributed by atoms with van der Waals surface area (Å²) in [7, 11) is 0. The van der Waals surface area contributed by atoms with Gasteiger partial charge in [-0.1, -0.05) is 0 Å². The Morgan fingerprint density at radius 1 is 1.25 bits per heavy atom. The molecule has 2 aromatic heterocycles. The summed E-state index contributed by atoms with van der Waals surface area (Å²) in [5.74, 6) is 1.22. The highest BCUT2D eigenvalue weighted by Crippen LogP contribution is 2.20. The van der Waals surface area contributed by atoms with E-state index < -0.39 is 4.92 Å². The molecule has 104 valence electrons. The van der Waals surface area contributed by atoms with Crippen LogP contribution in [-0.4, -0.2) is 19.9 Å². The van der Waals surface area contributed by atoms with Gasteiger partial charge in [0.25, 0.3) is 5.69 Å². The summed E-state index contributed by atoms with van der Waals surface area (Å²) in [4.78, 5) is 23.0. The Labute approximate surface area is 116 Å². The molecule has 20 heavy (non-hydrogen) atoms. The van der Waals surface area contributed by atoms with E-state index in [-0.39, 0.29) is 11.7 Å². The third kappa shape index (κ3) is 3.05. The summed E-state index contributed by atoms with van der Waals surface area (Å²) in [5, 5.41) is 13.9. The molecular formula is C13H15N5O2. The number of hydrogen-bond donors (Lipinski definition) is 1. The number of nitro groups is 1. The van der Waals surface area contributed by atoms with E-state index in [1.54, 1.807) is 19.2 Å². The first-order valence-corrected chi connectivity index (χ1v) is 6.15. The van der Waals surface area contributed by atoms with Crippen molar-refractivity contribution < 1.29 is 4.92 Å². The molecule has 1 N–H and O–H groups in total. The highest BCUT2D eigenvalue weighted by atomic mass is 16.6. The van der Waals surface area contributed by atoms with Crippen LogP contribution in [0, 0.1) is 24.0 Å². The predicted molar refractivity (Wildman–Crippen MR) is 74.4 cm³/mol. The average molecular weight is 273 g/mol. The minimum absolute atomic E-state index is 0.00927. The Balaban J connectivity index is 2.18. The van der Waals surface area contributed by atoms with Crippen LogP contribution in [0.25, 0.3) is 0 Å². The number of aromatic nitrogens is 3. The molecule has 2 heterocycles. The molecule has 0 saturated carbocycles. The van der Waals surface area contributed by atoms with Crippen molar-refractivity contribution in [3.63, 3.8) is 0 Å². The van der Waals surface area contributed by atoms with E-state index >= 15 is 0 Å². The van der Waals surface area contributed by atoms with Crippen LogP contribution in [0.5, 0.6) is 0 Å². The second-order valence-corrected chi connectivity index (χ2v) is 4.48. The van der Waals surface area contributed by atoms with Crippen LogP contribution in [0.2, 0.25) is 0 Å². The van der Waals surface area contributed by atoms with E-state index in [0.717, 1.165) is 5.69 Å². The van der Waals surface area contributed by atoms with Gasteiger partial charge in [-0.2, -0.15) is 0 Å². The first-order chi connectivity index (χ1) is 9.47. The lowest BCUT2D eigenvalue weighted by Crippen LogP contribution is -2.12. The molecule has 7 heteroatoms. The quantitative estimate of drug-likeness (QED) is 0.679. The van der Waals surface area contributed by atoms with Gasteiger partial charge in [-0.25, -0.2) is 15.0 Å². The van der Waals surface area contributed by atoms with Gasteiger partial charge in [0.1, 0.15) is 17.3 Å². The van der Waals surface area contributed by atoms with Crippen LogP contribution < -0.4 is 5.32 Å². The van der Waals surface area contributed by atoms with E-state index in [9.17, 15) is 10.1 Å². The Morgan fingerprint density at radius 3 is 2.60 bits per heavy atom. The maximum absolute atomic E-state index is 10.7. The van der Waals surface area contributed by atoms with E-state index in [1.165, 1.54) is 6.07 Å². The molecule has 2 rings (SSSR count). The summed E-state index contributed by atoms with van der Waals surface area (Å²) in [6.45, 7) is 5.41.